The van der Waals surface area contributed by atoms with Crippen molar-refractivity contribution in [3.8, 4) is 0 Å². The third-order valence-electron chi connectivity index (χ3n) is 9.54. The maximum Gasteiger partial charge on any atom is 0.249 e. The minimum Gasteiger partial charge on any atom is -0.394 e. The van der Waals surface area contributed by atoms with Crippen molar-refractivity contribution < 1.29 is 20.1 Å². The lowest BCUT2D eigenvalue weighted by atomic mass is 10.0. The number of rotatable bonds is 37. The Labute approximate surface area is 292 Å². The molecule has 47 heavy (non-hydrogen) atoms. The number of hydrogen-bond acceptors (Lipinski definition) is 4. The van der Waals surface area contributed by atoms with Gasteiger partial charge in [-0.05, 0) is 32.1 Å². The van der Waals surface area contributed by atoms with E-state index < -0.39 is 24.2 Å². The van der Waals surface area contributed by atoms with Crippen LogP contribution in [0.5, 0.6) is 0 Å². The van der Waals surface area contributed by atoms with Crippen molar-refractivity contribution in [2.45, 2.75) is 231 Å². The van der Waals surface area contributed by atoms with Crippen LogP contribution in [0.15, 0.2) is 24.3 Å². The Hall–Kier alpha value is -1.17. The third kappa shape index (κ3) is 33.1. The van der Waals surface area contributed by atoms with Gasteiger partial charge in [0.2, 0.25) is 5.91 Å². The summed E-state index contributed by atoms with van der Waals surface area (Å²) < 4.78 is 0. The van der Waals surface area contributed by atoms with E-state index in [9.17, 15) is 20.1 Å². The molecule has 0 aromatic heterocycles. The molecule has 0 radical (unpaired) electrons. The summed E-state index contributed by atoms with van der Waals surface area (Å²) in [5.74, 6) is -0.516. The van der Waals surface area contributed by atoms with Crippen molar-refractivity contribution in [2.24, 2.45) is 0 Å². The number of allylic oxidation sites excluding steroid dienone is 3. The SMILES string of the molecule is CCCCCCCCCCCCCCCCCCCCC/C=C/CC/C=C/C(O)C(CO)NC(=O)C(O)CCCCCCCCCC. The van der Waals surface area contributed by atoms with Crippen LogP contribution < -0.4 is 5.32 Å². The largest absolute Gasteiger partial charge is 0.394 e. The van der Waals surface area contributed by atoms with Crippen LogP contribution in [0, 0.1) is 0 Å². The summed E-state index contributed by atoms with van der Waals surface area (Å²) in [5, 5.41) is 32.8. The molecule has 278 valence electrons. The van der Waals surface area contributed by atoms with Gasteiger partial charge in [-0.1, -0.05) is 205 Å². The van der Waals surface area contributed by atoms with Crippen LogP contribution in [-0.4, -0.2) is 46.1 Å². The average molecular weight is 664 g/mol. The Morgan fingerprint density at radius 2 is 0.872 bits per heavy atom. The van der Waals surface area contributed by atoms with Crippen LogP contribution in [0.25, 0.3) is 0 Å². The van der Waals surface area contributed by atoms with Gasteiger partial charge in [0.05, 0.1) is 18.8 Å². The first-order valence-corrected chi connectivity index (χ1v) is 20.7. The van der Waals surface area contributed by atoms with E-state index in [1.165, 1.54) is 154 Å². The maximum atomic E-state index is 12.3. The highest BCUT2D eigenvalue weighted by Gasteiger charge is 2.22. The molecule has 0 aliphatic carbocycles. The second-order valence-corrected chi connectivity index (χ2v) is 14.2. The summed E-state index contributed by atoms with van der Waals surface area (Å²) in [6.07, 6.45) is 45.2. The fourth-order valence-electron chi connectivity index (χ4n) is 6.26. The van der Waals surface area contributed by atoms with Gasteiger partial charge in [0, 0.05) is 0 Å². The number of amides is 1. The number of carbonyl (C=O) groups is 1. The molecule has 0 fully saturated rings. The Balaban J connectivity index is 3.63. The van der Waals surface area contributed by atoms with Crippen LogP contribution in [0.2, 0.25) is 0 Å². The molecule has 0 aliphatic rings. The molecule has 0 spiro atoms. The van der Waals surface area contributed by atoms with Gasteiger partial charge < -0.3 is 20.6 Å². The Morgan fingerprint density at radius 3 is 1.30 bits per heavy atom. The van der Waals surface area contributed by atoms with Crippen LogP contribution in [0.3, 0.4) is 0 Å². The summed E-state index contributed by atoms with van der Waals surface area (Å²) in [6.45, 7) is 4.13. The van der Waals surface area contributed by atoms with Crippen molar-refractivity contribution >= 4 is 5.91 Å². The van der Waals surface area contributed by atoms with Crippen molar-refractivity contribution in [1.29, 1.82) is 0 Å². The van der Waals surface area contributed by atoms with Crippen LogP contribution in [-0.2, 0) is 4.79 Å². The average Bonchev–Trinajstić information content (AvgIpc) is 3.07. The molecule has 0 heterocycles. The predicted octanol–water partition coefficient (Wildman–Crippen LogP) is 11.4. The first kappa shape index (κ1) is 45.8. The summed E-state index contributed by atoms with van der Waals surface area (Å²) in [7, 11) is 0. The molecule has 0 aromatic rings. The summed E-state index contributed by atoms with van der Waals surface area (Å²) in [5.41, 5.74) is 0. The Bertz CT molecular complexity index is 694. The molecule has 0 saturated heterocycles. The lowest BCUT2D eigenvalue weighted by molar-refractivity contribution is -0.131. The zero-order valence-corrected chi connectivity index (χ0v) is 31.4. The Kier molecular flexibility index (Phi) is 36.7. The molecule has 3 unspecified atom stereocenters. The van der Waals surface area contributed by atoms with Crippen molar-refractivity contribution in [3.05, 3.63) is 24.3 Å². The second-order valence-electron chi connectivity index (χ2n) is 14.2. The van der Waals surface area contributed by atoms with Gasteiger partial charge in [0.15, 0.2) is 0 Å². The molecule has 4 N–H and O–H groups in total. The summed E-state index contributed by atoms with van der Waals surface area (Å²) in [4.78, 5) is 12.3. The molecule has 5 heteroatoms. The molecule has 1 amide bonds. The minimum atomic E-state index is -1.10. The van der Waals surface area contributed by atoms with Crippen molar-refractivity contribution in [1.82, 2.24) is 5.32 Å². The fraction of sp³-hybridized carbons (Fsp3) is 0.881. The van der Waals surface area contributed by atoms with Crippen LogP contribution >= 0.6 is 0 Å². The maximum absolute atomic E-state index is 12.3. The molecular formula is C42H81NO4. The number of nitrogens with one attached hydrogen (secondary N) is 1. The predicted molar refractivity (Wildman–Crippen MR) is 204 cm³/mol. The quantitative estimate of drug-likeness (QED) is 0.0393. The van der Waals surface area contributed by atoms with Gasteiger partial charge in [0.1, 0.15) is 6.10 Å². The summed E-state index contributed by atoms with van der Waals surface area (Å²) >= 11 is 0. The molecule has 5 nitrogen and oxygen atoms in total. The molecule has 0 bridgehead atoms. The van der Waals surface area contributed by atoms with E-state index in [1.807, 2.05) is 6.08 Å². The zero-order chi connectivity index (χ0) is 34.5. The highest BCUT2D eigenvalue weighted by Crippen LogP contribution is 2.15. The number of aliphatic hydroxyl groups is 3. The standard InChI is InChI=1S/C42H81NO4/c1-3-5-7-9-11-13-14-15-16-17-18-19-20-21-22-23-24-25-26-27-28-29-31-32-34-36-40(45)39(38-44)43-42(47)41(46)37-35-33-30-12-10-8-6-4-2/h28-29,34,36,39-41,44-46H,3-27,30-33,35,37-38H2,1-2H3,(H,43,47)/b29-28+,36-34+. The van der Waals surface area contributed by atoms with E-state index in [1.54, 1.807) is 6.08 Å². The van der Waals surface area contributed by atoms with E-state index >= 15 is 0 Å². The van der Waals surface area contributed by atoms with Gasteiger partial charge in [-0.25, -0.2) is 0 Å². The lowest BCUT2D eigenvalue weighted by Crippen LogP contribution is -2.48. The fourth-order valence-corrected chi connectivity index (χ4v) is 6.26. The number of unbranched alkanes of at least 4 members (excludes halogenated alkanes) is 27. The van der Waals surface area contributed by atoms with E-state index in [0.717, 1.165) is 38.5 Å². The highest BCUT2D eigenvalue weighted by molar-refractivity contribution is 5.80. The van der Waals surface area contributed by atoms with Gasteiger partial charge in [-0.15, -0.1) is 0 Å². The molecule has 0 aliphatic heterocycles. The van der Waals surface area contributed by atoms with Gasteiger partial charge in [-0.2, -0.15) is 0 Å². The molecular weight excluding hydrogens is 582 g/mol. The first-order chi connectivity index (χ1) is 23.1. The topological polar surface area (TPSA) is 89.8 Å². The first-order valence-electron chi connectivity index (χ1n) is 20.7. The van der Waals surface area contributed by atoms with E-state index in [0.29, 0.717) is 6.42 Å². The number of aliphatic hydroxyl groups excluding tert-OH is 3. The monoisotopic (exact) mass is 664 g/mol. The number of carbonyl (C=O) groups excluding carboxylic acids is 1. The molecule has 3 atom stereocenters. The van der Waals surface area contributed by atoms with Crippen LogP contribution in [0.1, 0.15) is 213 Å². The van der Waals surface area contributed by atoms with Crippen molar-refractivity contribution in [3.63, 3.8) is 0 Å². The molecule has 0 rings (SSSR count). The van der Waals surface area contributed by atoms with E-state index in [4.69, 9.17) is 0 Å². The normalized spacial score (nSPS) is 13.9. The minimum absolute atomic E-state index is 0.374. The Morgan fingerprint density at radius 1 is 0.511 bits per heavy atom. The van der Waals surface area contributed by atoms with E-state index in [-0.39, 0.29) is 6.61 Å². The van der Waals surface area contributed by atoms with Crippen molar-refractivity contribution in [2.75, 3.05) is 6.61 Å². The van der Waals surface area contributed by atoms with E-state index in [2.05, 4.69) is 31.3 Å². The number of hydrogen-bond donors (Lipinski definition) is 4. The summed E-state index contributed by atoms with van der Waals surface area (Å²) in [6, 6.07) is -0.808. The third-order valence-corrected chi connectivity index (χ3v) is 9.54. The molecule has 0 aromatic carbocycles. The highest BCUT2D eigenvalue weighted by atomic mass is 16.3. The second kappa shape index (κ2) is 37.6. The van der Waals surface area contributed by atoms with Gasteiger partial charge in [-0.3, -0.25) is 4.79 Å². The molecule has 0 saturated carbocycles. The van der Waals surface area contributed by atoms with Gasteiger partial charge >= 0.3 is 0 Å². The lowest BCUT2D eigenvalue weighted by Gasteiger charge is -2.21. The van der Waals surface area contributed by atoms with Crippen LogP contribution in [0.4, 0.5) is 0 Å². The zero-order valence-electron chi connectivity index (χ0n) is 31.4. The smallest absolute Gasteiger partial charge is 0.249 e. The van der Waals surface area contributed by atoms with Gasteiger partial charge in [0.25, 0.3) is 0 Å².